The highest BCUT2D eigenvalue weighted by molar-refractivity contribution is 6.08. The number of imide groups is 1. The summed E-state index contributed by atoms with van der Waals surface area (Å²) >= 11 is 0. The van der Waals surface area contributed by atoms with Gasteiger partial charge in [0.1, 0.15) is 23.7 Å². The maximum atomic E-state index is 14.5. The highest BCUT2D eigenvalue weighted by atomic mass is 19.1. The van der Waals surface area contributed by atoms with Crippen LogP contribution in [0.15, 0.2) is 24.3 Å². The Morgan fingerprint density at radius 2 is 1.92 bits per heavy atom. The number of carbonyl (C=O) groups is 3. The van der Waals surface area contributed by atoms with E-state index in [1.807, 2.05) is 0 Å². The van der Waals surface area contributed by atoms with Crippen LogP contribution in [0.1, 0.15) is 38.8 Å². The molecule has 2 heterocycles. The summed E-state index contributed by atoms with van der Waals surface area (Å²) in [6.45, 7) is 5.62. The van der Waals surface area contributed by atoms with Crippen molar-refractivity contribution in [2.45, 2.75) is 38.8 Å². The van der Waals surface area contributed by atoms with Crippen LogP contribution >= 0.6 is 0 Å². The number of quaternary nitrogens is 1. The number of rotatable bonds is 5. The fourth-order valence-corrected chi connectivity index (χ4v) is 4.46. The predicted molar refractivity (Wildman–Crippen MR) is 90.1 cm³/mol. The van der Waals surface area contributed by atoms with Gasteiger partial charge in [-0.2, -0.15) is 0 Å². The summed E-state index contributed by atoms with van der Waals surface area (Å²) in [5.74, 6) is -3.29. The van der Waals surface area contributed by atoms with Crippen molar-refractivity contribution in [3.63, 3.8) is 0 Å². The largest absolute Gasteiger partial charge is 0.461 e. The van der Waals surface area contributed by atoms with Gasteiger partial charge in [-0.3, -0.25) is 14.5 Å². The number of amides is 2. The van der Waals surface area contributed by atoms with Gasteiger partial charge in [-0.05, 0) is 19.9 Å². The number of hydrogen-bond donors (Lipinski definition) is 1. The number of fused-ring (bicyclic) bond motifs is 1. The molecule has 1 aromatic rings. The maximum absolute atomic E-state index is 14.5. The third-order valence-corrected chi connectivity index (χ3v) is 5.68. The molecular weight excluding hydrogens is 339 g/mol. The molecule has 0 aromatic heterocycles. The molecule has 7 heteroatoms. The number of hydrogen-bond acceptors (Lipinski definition) is 4. The van der Waals surface area contributed by atoms with Gasteiger partial charge in [0, 0.05) is 18.5 Å². The van der Waals surface area contributed by atoms with E-state index in [4.69, 9.17) is 4.74 Å². The number of nitrogens with zero attached hydrogens (tertiary/aromatic N) is 1. The molecule has 2 fully saturated rings. The minimum Gasteiger partial charge on any atom is -0.461 e. The summed E-state index contributed by atoms with van der Waals surface area (Å²) in [7, 11) is 0. The summed E-state index contributed by atoms with van der Waals surface area (Å²) in [4.78, 5) is 39.9. The summed E-state index contributed by atoms with van der Waals surface area (Å²) in [6, 6.07) is 5.56. The lowest BCUT2D eigenvalue weighted by atomic mass is 9.78. The summed E-state index contributed by atoms with van der Waals surface area (Å²) in [5.41, 5.74) is -0.883. The van der Waals surface area contributed by atoms with E-state index in [9.17, 15) is 18.8 Å². The lowest BCUT2D eigenvalue weighted by molar-refractivity contribution is -0.734. The highest BCUT2D eigenvalue weighted by Gasteiger charge is 2.71. The number of halogens is 1. The second-order valence-electron chi connectivity index (χ2n) is 6.75. The van der Waals surface area contributed by atoms with Gasteiger partial charge in [-0.25, -0.2) is 9.18 Å². The molecule has 2 saturated heterocycles. The first-order valence-corrected chi connectivity index (χ1v) is 9.05. The van der Waals surface area contributed by atoms with Crippen molar-refractivity contribution in [1.29, 1.82) is 0 Å². The van der Waals surface area contributed by atoms with Crippen LogP contribution in [-0.4, -0.2) is 41.4 Å². The quantitative estimate of drug-likeness (QED) is 0.619. The molecule has 2 aliphatic rings. The zero-order valence-electron chi connectivity index (χ0n) is 15.2. The number of benzene rings is 1. The first kappa shape index (κ1) is 18.5. The van der Waals surface area contributed by atoms with Crippen molar-refractivity contribution in [1.82, 2.24) is 4.90 Å². The van der Waals surface area contributed by atoms with E-state index < -0.39 is 35.2 Å². The van der Waals surface area contributed by atoms with Gasteiger partial charge in [0.2, 0.25) is 17.4 Å². The van der Waals surface area contributed by atoms with Crippen LogP contribution in [0.3, 0.4) is 0 Å². The Morgan fingerprint density at radius 3 is 2.50 bits per heavy atom. The predicted octanol–water partition coefficient (Wildman–Crippen LogP) is 0.777. The average Bonchev–Trinajstić information content (AvgIpc) is 3.10. The smallest absolute Gasteiger partial charge is 0.368 e. The summed E-state index contributed by atoms with van der Waals surface area (Å²) < 4.78 is 19.7. The van der Waals surface area contributed by atoms with Crippen molar-refractivity contribution >= 4 is 17.8 Å². The van der Waals surface area contributed by atoms with E-state index in [2.05, 4.69) is 0 Å². The molecule has 2 N–H and O–H groups in total. The van der Waals surface area contributed by atoms with E-state index in [0.29, 0.717) is 12.0 Å². The standard InChI is InChI=1S/C19H23FN2O4/c1-4-19(18(25)26-6-3)14-13(16(23)22(5-2)17(14)24)15(21-19)11-9-7-8-10-12(11)20/h7-10,13-15,21H,4-6H2,1-3H3/p+1/t13-,14-,15-,19-/m0/s1. The molecule has 4 atom stereocenters. The summed E-state index contributed by atoms with van der Waals surface area (Å²) in [5, 5.41) is 1.68. The molecule has 2 aliphatic heterocycles. The van der Waals surface area contributed by atoms with Crippen LogP contribution in [0.2, 0.25) is 0 Å². The van der Waals surface area contributed by atoms with E-state index >= 15 is 0 Å². The zero-order valence-corrected chi connectivity index (χ0v) is 15.2. The van der Waals surface area contributed by atoms with Crippen LogP contribution in [0.4, 0.5) is 4.39 Å². The third kappa shape index (κ3) is 2.45. The molecule has 0 saturated carbocycles. The lowest BCUT2D eigenvalue weighted by Crippen LogP contribution is -2.98. The first-order valence-electron chi connectivity index (χ1n) is 9.05. The Kier molecular flexibility index (Phi) is 4.84. The number of ether oxygens (including phenoxy) is 1. The second kappa shape index (κ2) is 6.79. The van der Waals surface area contributed by atoms with Gasteiger partial charge in [0.15, 0.2) is 0 Å². The molecule has 6 nitrogen and oxygen atoms in total. The summed E-state index contributed by atoms with van der Waals surface area (Å²) in [6.07, 6.45) is 0.314. The van der Waals surface area contributed by atoms with Crippen LogP contribution in [0, 0.1) is 17.7 Å². The van der Waals surface area contributed by atoms with Crippen LogP contribution in [0.5, 0.6) is 0 Å². The van der Waals surface area contributed by atoms with Crippen LogP contribution < -0.4 is 5.32 Å². The average molecular weight is 363 g/mol. The normalized spacial score (nSPS) is 30.6. The van der Waals surface area contributed by atoms with Crippen LogP contribution in [-0.2, 0) is 19.1 Å². The molecule has 0 aliphatic carbocycles. The minimum absolute atomic E-state index is 0.176. The Labute approximate surface area is 151 Å². The Morgan fingerprint density at radius 1 is 1.23 bits per heavy atom. The Bertz CT molecular complexity index is 753. The molecule has 0 radical (unpaired) electrons. The lowest BCUT2D eigenvalue weighted by Gasteiger charge is -2.28. The van der Waals surface area contributed by atoms with Gasteiger partial charge in [0.25, 0.3) is 0 Å². The number of esters is 1. The highest BCUT2D eigenvalue weighted by Crippen LogP contribution is 2.46. The van der Waals surface area contributed by atoms with Gasteiger partial charge < -0.3 is 10.1 Å². The van der Waals surface area contributed by atoms with Gasteiger partial charge in [-0.1, -0.05) is 25.1 Å². The Hall–Kier alpha value is -2.28. The van der Waals surface area contributed by atoms with E-state index in [0.717, 1.165) is 0 Å². The molecule has 1 aromatic carbocycles. The molecule has 3 rings (SSSR count). The molecule has 0 spiro atoms. The van der Waals surface area contributed by atoms with E-state index in [1.54, 1.807) is 44.3 Å². The Balaban J connectivity index is 2.15. The third-order valence-electron chi connectivity index (χ3n) is 5.68. The van der Waals surface area contributed by atoms with E-state index in [-0.39, 0.29) is 25.0 Å². The van der Waals surface area contributed by atoms with E-state index in [1.165, 1.54) is 11.0 Å². The first-order chi connectivity index (χ1) is 12.4. The minimum atomic E-state index is -1.22. The topological polar surface area (TPSA) is 80.3 Å². The van der Waals surface area contributed by atoms with Crippen LogP contribution in [0.25, 0.3) is 0 Å². The van der Waals surface area contributed by atoms with Crippen molar-refractivity contribution in [2.24, 2.45) is 11.8 Å². The molecule has 0 unspecified atom stereocenters. The fraction of sp³-hybridized carbons (Fsp3) is 0.526. The van der Waals surface area contributed by atoms with Gasteiger partial charge in [-0.15, -0.1) is 0 Å². The monoisotopic (exact) mass is 363 g/mol. The van der Waals surface area contributed by atoms with Crippen molar-refractivity contribution in [3.8, 4) is 0 Å². The van der Waals surface area contributed by atoms with Gasteiger partial charge in [0.05, 0.1) is 6.61 Å². The number of likely N-dealkylation sites (tertiary alicyclic amines) is 1. The fourth-order valence-electron chi connectivity index (χ4n) is 4.46. The molecular formula is C19H24FN2O4+. The zero-order chi connectivity index (χ0) is 19.1. The molecule has 140 valence electrons. The second-order valence-corrected chi connectivity index (χ2v) is 6.75. The molecule has 2 amide bonds. The molecule has 0 bridgehead atoms. The SMILES string of the molecule is CCOC(=O)[C@@]1(CC)[NH2+][C@@H](c2ccccc2F)[C@H]2C(=O)N(CC)C(=O)[C@H]21. The number of carbonyl (C=O) groups excluding carboxylic acids is 3. The van der Waals surface area contributed by atoms with Crippen molar-refractivity contribution < 1.29 is 28.8 Å². The number of nitrogens with two attached hydrogens (primary N) is 1. The maximum Gasteiger partial charge on any atom is 0.368 e. The van der Waals surface area contributed by atoms with Crippen molar-refractivity contribution in [3.05, 3.63) is 35.6 Å². The van der Waals surface area contributed by atoms with Gasteiger partial charge >= 0.3 is 5.97 Å². The van der Waals surface area contributed by atoms with Crippen molar-refractivity contribution in [2.75, 3.05) is 13.2 Å². The molecule has 26 heavy (non-hydrogen) atoms.